The lowest BCUT2D eigenvalue weighted by Crippen LogP contribution is -2.07. The first-order valence-corrected chi connectivity index (χ1v) is 10.4. The summed E-state index contributed by atoms with van der Waals surface area (Å²) in [5.74, 6) is 2.73. The average molecular weight is 363 g/mol. The topological polar surface area (TPSA) is 0 Å². The first-order valence-electron chi connectivity index (χ1n) is 9.05. The molecular formula is C22H34S2. The van der Waals surface area contributed by atoms with Crippen LogP contribution in [0.15, 0.2) is 42.5 Å². The van der Waals surface area contributed by atoms with Crippen molar-refractivity contribution in [1.29, 1.82) is 0 Å². The Morgan fingerprint density at radius 1 is 1.00 bits per heavy atom. The summed E-state index contributed by atoms with van der Waals surface area (Å²) in [6.45, 7) is 15.0. The average Bonchev–Trinajstić information content (AvgIpc) is 2.61. The molecule has 0 saturated carbocycles. The molecule has 0 saturated heterocycles. The molecule has 2 heteroatoms. The summed E-state index contributed by atoms with van der Waals surface area (Å²) >= 11 is 6.76. The van der Waals surface area contributed by atoms with E-state index in [1.165, 1.54) is 22.1 Å². The van der Waals surface area contributed by atoms with E-state index in [9.17, 15) is 0 Å². The summed E-state index contributed by atoms with van der Waals surface area (Å²) in [5, 5.41) is 2.67. The van der Waals surface area contributed by atoms with Gasteiger partial charge in [-0.15, -0.1) is 11.8 Å². The van der Waals surface area contributed by atoms with Crippen LogP contribution in [0, 0.1) is 11.8 Å². The van der Waals surface area contributed by atoms with E-state index >= 15 is 0 Å². The van der Waals surface area contributed by atoms with Crippen LogP contribution in [0.4, 0.5) is 0 Å². The molecule has 2 rings (SSSR count). The minimum Gasteiger partial charge on any atom is -0.119 e. The van der Waals surface area contributed by atoms with Crippen molar-refractivity contribution in [2.45, 2.75) is 54.9 Å². The highest BCUT2D eigenvalue weighted by molar-refractivity contribution is 8.23. The molecule has 2 aromatic rings. The van der Waals surface area contributed by atoms with Crippen molar-refractivity contribution in [2.75, 3.05) is 5.75 Å². The number of rotatable bonds is 4. The van der Waals surface area contributed by atoms with Crippen LogP contribution >= 0.6 is 24.0 Å². The number of aryl methyl sites for hydroxylation is 1. The van der Waals surface area contributed by atoms with Crippen LogP contribution in [0.25, 0.3) is 10.8 Å². The molecule has 134 valence electrons. The van der Waals surface area contributed by atoms with E-state index in [2.05, 4.69) is 70.2 Å². The lowest BCUT2D eigenvalue weighted by Gasteiger charge is -2.13. The molecule has 0 fully saturated rings. The Kier molecular flexibility index (Phi) is 13.0. The van der Waals surface area contributed by atoms with Crippen molar-refractivity contribution in [3.05, 3.63) is 48.0 Å². The van der Waals surface area contributed by atoms with Gasteiger partial charge in [0.15, 0.2) is 0 Å². The summed E-state index contributed by atoms with van der Waals surface area (Å²) in [7, 11) is 0. The third kappa shape index (κ3) is 9.44. The van der Waals surface area contributed by atoms with Crippen molar-refractivity contribution in [3.8, 4) is 0 Å². The van der Waals surface area contributed by atoms with Gasteiger partial charge in [-0.25, -0.2) is 0 Å². The van der Waals surface area contributed by atoms with Crippen molar-refractivity contribution in [2.24, 2.45) is 11.8 Å². The fourth-order valence-corrected chi connectivity index (χ4v) is 2.99. The molecule has 0 N–H and O–H groups in total. The van der Waals surface area contributed by atoms with Gasteiger partial charge in [0.25, 0.3) is 0 Å². The Morgan fingerprint density at radius 2 is 1.58 bits per heavy atom. The number of hydrogen-bond acceptors (Lipinski definition) is 2. The fourth-order valence-electron chi connectivity index (χ4n) is 1.90. The Hall–Kier alpha value is -0.860. The fraction of sp³-hybridized carbons (Fsp3) is 0.500. The molecule has 0 nitrogen and oxygen atoms in total. The molecule has 0 unspecified atom stereocenters. The maximum atomic E-state index is 4.96. The third-order valence-corrected chi connectivity index (χ3v) is 5.36. The molecule has 0 aliphatic rings. The Bertz CT molecular complexity index is 587. The van der Waals surface area contributed by atoms with Gasteiger partial charge in [0.1, 0.15) is 0 Å². The zero-order chi connectivity index (χ0) is 18.5. The van der Waals surface area contributed by atoms with Gasteiger partial charge in [0.2, 0.25) is 0 Å². The van der Waals surface area contributed by atoms with Crippen LogP contribution < -0.4 is 0 Å². The van der Waals surface area contributed by atoms with E-state index in [4.69, 9.17) is 12.2 Å². The lowest BCUT2D eigenvalue weighted by molar-refractivity contribution is 0.465. The molecule has 0 bridgehead atoms. The molecule has 0 aliphatic heterocycles. The first kappa shape index (κ1) is 23.1. The van der Waals surface area contributed by atoms with Gasteiger partial charge in [-0.05, 0) is 41.5 Å². The monoisotopic (exact) mass is 362 g/mol. The standard InChI is InChI=1S/C12H12.C8H16S2.C2H6/c1-2-10-7-8-11-5-3-4-6-12(11)9-10;1-6(2)7(3)5-10-8(4)9;1-2/h3-9H,2H2,1H3;6-7H,5H2,1-4H3;1-2H3/t;7-;/m.1./s1. The van der Waals surface area contributed by atoms with Gasteiger partial charge in [-0.3, -0.25) is 0 Å². The van der Waals surface area contributed by atoms with E-state index in [-0.39, 0.29) is 0 Å². The molecule has 2 aromatic carbocycles. The Balaban J connectivity index is 0.000000407. The van der Waals surface area contributed by atoms with Crippen LogP contribution in [-0.2, 0) is 6.42 Å². The molecule has 1 atom stereocenters. The highest BCUT2D eigenvalue weighted by Crippen LogP contribution is 2.17. The predicted molar refractivity (Wildman–Crippen MR) is 119 cm³/mol. The number of hydrogen-bond donors (Lipinski definition) is 0. The van der Waals surface area contributed by atoms with E-state index in [0.29, 0.717) is 0 Å². The van der Waals surface area contributed by atoms with Crippen molar-refractivity contribution < 1.29 is 0 Å². The zero-order valence-electron chi connectivity index (χ0n) is 16.4. The minimum absolute atomic E-state index is 0.779. The van der Waals surface area contributed by atoms with E-state index < -0.39 is 0 Å². The molecule has 0 aromatic heterocycles. The number of thioether (sulfide) groups is 1. The van der Waals surface area contributed by atoms with Crippen molar-refractivity contribution in [1.82, 2.24) is 0 Å². The summed E-state index contributed by atoms with van der Waals surface area (Å²) in [4.78, 5) is 0. The molecule has 0 radical (unpaired) electrons. The molecule has 0 amide bonds. The number of fused-ring (bicyclic) bond motifs is 1. The molecule has 0 spiro atoms. The minimum atomic E-state index is 0.779. The normalized spacial score (nSPS) is 11.2. The van der Waals surface area contributed by atoms with E-state index in [0.717, 1.165) is 22.5 Å². The van der Waals surface area contributed by atoms with Gasteiger partial charge >= 0.3 is 0 Å². The zero-order valence-corrected chi connectivity index (χ0v) is 18.1. The molecule has 0 heterocycles. The van der Waals surface area contributed by atoms with E-state index in [1.54, 1.807) is 11.8 Å². The van der Waals surface area contributed by atoms with Gasteiger partial charge in [-0.1, -0.05) is 96.2 Å². The maximum absolute atomic E-state index is 4.96. The third-order valence-electron chi connectivity index (χ3n) is 3.91. The summed E-state index contributed by atoms with van der Waals surface area (Å²) in [6.07, 6.45) is 1.12. The highest BCUT2D eigenvalue weighted by atomic mass is 32.2. The van der Waals surface area contributed by atoms with Crippen LogP contribution in [0.1, 0.15) is 54.0 Å². The Morgan fingerprint density at radius 3 is 2.08 bits per heavy atom. The van der Waals surface area contributed by atoms with Crippen LogP contribution in [0.3, 0.4) is 0 Å². The summed E-state index contributed by atoms with van der Waals surface area (Å²) in [5.41, 5.74) is 1.41. The highest BCUT2D eigenvalue weighted by Gasteiger charge is 2.06. The number of thiocarbonyl (C=S) groups is 1. The molecular weight excluding hydrogens is 328 g/mol. The smallest absolute Gasteiger partial charge is 0.0447 e. The second-order valence-electron chi connectivity index (χ2n) is 6.06. The molecule has 0 aliphatic carbocycles. The van der Waals surface area contributed by atoms with E-state index in [1.807, 2.05) is 20.8 Å². The number of benzene rings is 2. The van der Waals surface area contributed by atoms with Crippen LogP contribution in [-0.4, -0.2) is 9.95 Å². The maximum Gasteiger partial charge on any atom is 0.0447 e. The van der Waals surface area contributed by atoms with Crippen LogP contribution in [0.5, 0.6) is 0 Å². The predicted octanol–water partition coefficient (Wildman–Crippen LogP) is 7.79. The second-order valence-corrected chi connectivity index (χ2v) is 8.16. The summed E-state index contributed by atoms with van der Waals surface area (Å²) < 4.78 is 1.06. The van der Waals surface area contributed by atoms with Gasteiger partial charge < -0.3 is 0 Å². The SMILES string of the molecule is CC.CC(=S)SC[C@@H](C)C(C)C.CCc1ccc2ccccc2c1. The quantitative estimate of drug-likeness (QED) is 0.509. The first-order chi connectivity index (χ1) is 11.4. The van der Waals surface area contributed by atoms with Gasteiger partial charge in [0.05, 0.1) is 0 Å². The largest absolute Gasteiger partial charge is 0.119 e. The van der Waals surface area contributed by atoms with Gasteiger partial charge in [-0.2, -0.15) is 0 Å². The van der Waals surface area contributed by atoms with Crippen LogP contribution in [0.2, 0.25) is 0 Å². The molecule has 24 heavy (non-hydrogen) atoms. The second kappa shape index (κ2) is 13.4. The van der Waals surface area contributed by atoms with Crippen molar-refractivity contribution in [3.63, 3.8) is 0 Å². The van der Waals surface area contributed by atoms with Crippen molar-refractivity contribution >= 4 is 38.9 Å². The summed E-state index contributed by atoms with van der Waals surface area (Å²) in [6, 6.07) is 15.1. The van der Waals surface area contributed by atoms with Gasteiger partial charge in [0, 0.05) is 9.95 Å². The Labute approximate surface area is 159 Å². The lowest BCUT2D eigenvalue weighted by atomic mass is 10.0.